The van der Waals surface area contributed by atoms with Crippen LogP contribution in [0.5, 0.6) is 17.4 Å². The fourth-order valence-corrected chi connectivity index (χ4v) is 2.95. The third-order valence-corrected chi connectivity index (χ3v) is 4.47. The fourth-order valence-electron chi connectivity index (χ4n) is 2.95. The molecule has 0 spiro atoms. The molecule has 1 amide bonds. The molecule has 0 bridgehead atoms. The van der Waals surface area contributed by atoms with Crippen LogP contribution in [0.3, 0.4) is 0 Å². The molecule has 1 aliphatic heterocycles. The van der Waals surface area contributed by atoms with Gasteiger partial charge in [0.1, 0.15) is 11.5 Å². The van der Waals surface area contributed by atoms with Gasteiger partial charge in [-0.15, -0.1) is 0 Å². The van der Waals surface area contributed by atoms with Crippen molar-refractivity contribution >= 4 is 11.7 Å². The van der Waals surface area contributed by atoms with E-state index in [2.05, 4.69) is 15.3 Å². The zero-order valence-corrected chi connectivity index (χ0v) is 15.6. The van der Waals surface area contributed by atoms with E-state index < -0.39 is 0 Å². The largest absolute Gasteiger partial charge is 0.497 e. The molecule has 0 unspecified atom stereocenters. The number of ether oxygens (including phenoxy) is 3. The number of methoxy groups -OCH3 is 2. The van der Waals surface area contributed by atoms with Crippen LogP contribution in [-0.4, -0.2) is 60.7 Å². The highest BCUT2D eigenvalue weighted by molar-refractivity contribution is 5.77. The summed E-state index contributed by atoms with van der Waals surface area (Å²) in [7, 11) is 3.18. The van der Waals surface area contributed by atoms with E-state index in [1.165, 1.54) is 0 Å². The minimum atomic E-state index is -0.0126. The van der Waals surface area contributed by atoms with Crippen molar-refractivity contribution in [3.63, 3.8) is 0 Å². The molecule has 1 saturated heterocycles. The van der Waals surface area contributed by atoms with Crippen LogP contribution in [0.15, 0.2) is 36.7 Å². The minimum Gasteiger partial charge on any atom is -0.497 e. The molecule has 1 fully saturated rings. The van der Waals surface area contributed by atoms with E-state index in [-0.39, 0.29) is 18.6 Å². The number of hydrogen-bond donors (Lipinski definition) is 1. The Kier molecular flexibility index (Phi) is 6.30. The van der Waals surface area contributed by atoms with Crippen molar-refractivity contribution in [1.29, 1.82) is 0 Å². The standard InChI is InChI=1S/C19H24N4O4/c1-25-15-3-5-16(6-4-15)27-13-17(24)23-11-7-14(8-12-23)22-18-19(26-2)21-10-9-20-18/h3-6,9-10,14H,7-8,11-13H2,1-2H3,(H,20,22). The van der Waals surface area contributed by atoms with Gasteiger partial charge in [-0.2, -0.15) is 0 Å². The van der Waals surface area contributed by atoms with Crippen molar-refractivity contribution in [2.75, 3.05) is 39.2 Å². The van der Waals surface area contributed by atoms with Crippen LogP contribution >= 0.6 is 0 Å². The first-order chi connectivity index (χ1) is 13.2. The van der Waals surface area contributed by atoms with E-state index >= 15 is 0 Å². The number of nitrogens with one attached hydrogen (secondary N) is 1. The molecule has 1 aromatic carbocycles. The summed E-state index contributed by atoms with van der Waals surface area (Å²) in [5.41, 5.74) is 0. The van der Waals surface area contributed by atoms with Crippen molar-refractivity contribution in [3.05, 3.63) is 36.7 Å². The number of carbonyl (C=O) groups is 1. The van der Waals surface area contributed by atoms with Crippen molar-refractivity contribution in [2.24, 2.45) is 0 Å². The van der Waals surface area contributed by atoms with Crippen LogP contribution in [0.2, 0.25) is 0 Å². The Morgan fingerprint density at radius 3 is 2.41 bits per heavy atom. The quantitative estimate of drug-likeness (QED) is 0.795. The summed E-state index contributed by atoms with van der Waals surface area (Å²) >= 11 is 0. The molecule has 144 valence electrons. The van der Waals surface area contributed by atoms with Gasteiger partial charge in [-0.1, -0.05) is 0 Å². The SMILES string of the molecule is COc1ccc(OCC(=O)N2CCC(Nc3nccnc3OC)CC2)cc1. The van der Waals surface area contributed by atoms with Gasteiger partial charge >= 0.3 is 0 Å². The van der Waals surface area contributed by atoms with Gasteiger partial charge in [0.15, 0.2) is 12.4 Å². The number of amides is 1. The molecule has 27 heavy (non-hydrogen) atoms. The normalized spacial score (nSPS) is 14.5. The second-order valence-corrected chi connectivity index (χ2v) is 6.18. The molecule has 3 rings (SSSR count). The lowest BCUT2D eigenvalue weighted by Crippen LogP contribution is -2.44. The molecule has 2 aromatic rings. The molecule has 1 N–H and O–H groups in total. The Hall–Kier alpha value is -3.03. The predicted octanol–water partition coefficient (Wildman–Crippen LogP) is 1.98. The van der Waals surface area contributed by atoms with Crippen LogP contribution < -0.4 is 19.5 Å². The highest BCUT2D eigenvalue weighted by Gasteiger charge is 2.24. The number of benzene rings is 1. The maximum Gasteiger partial charge on any atom is 0.260 e. The van der Waals surface area contributed by atoms with E-state index in [0.717, 1.165) is 18.6 Å². The first kappa shape index (κ1) is 18.8. The van der Waals surface area contributed by atoms with Gasteiger partial charge in [0.05, 0.1) is 14.2 Å². The van der Waals surface area contributed by atoms with Gasteiger partial charge in [-0.05, 0) is 37.1 Å². The number of likely N-dealkylation sites (tertiary alicyclic amines) is 1. The van der Waals surface area contributed by atoms with E-state index in [1.54, 1.807) is 50.9 Å². The molecular formula is C19H24N4O4. The van der Waals surface area contributed by atoms with Gasteiger partial charge in [-0.25, -0.2) is 9.97 Å². The lowest BCUT2D eigenvalue weighted by molar-refractivity contribution is -0.134. The molecule has 0 saturated carbocycles. The van der Waals surface area contributed by atoms with Crippen molar-refractivity contribution in [1.82, 2.24) is 14.9 Å². The lowest BCUT2D eigenvalue weighted by Gasteiger charge is -2.32. The Balaban J connectivity index is 1.44. The molecule has 8 heteroatoms. The number of rotatable bonds is 7. The van der Waals surface area contributed by atoms with E-state index in [0.29, 0.717) is 30.5 Å². The minimum absolute atomic E-state index is 0.0126. The summed E-state index contributed by atoms with van der Waals surface area (Å²) in [6.07, 6.45) is 4.87. The Bertz CT molecular complexity index is 746. The number of anilines is 1. The van der Waals surface area contributed by atoms with Gasteiger partial charge in [-0.3, -0.25) is 4.79 Å². The zero-order valence-electron chi connectivity index (χ0n) is 15.6. The Labute approximate surface area is 158 Å². The highest BCUT2D eigenvalue weighted by Crippen LogP contribution is 2.22. The maximum absolute atomic E-state index is 12.4. The molecule has 1 aliphatic rings. The number of nitrogens with zero attached hydrogens (tertiary/aromatic N) is 3. The van der Waals surface area contributed by atoms with Crippen LogP contribution in [-0.2, 0) is 4.79 Å². The summed E-state index contributed by atoms with van der Waals surface area (Å²) in [5.74, 6) is 2.50. The van der Waals surface area contributed by atoms with E-state index in [4.69, 9.17) is 14.2 Å². The number of hydrogen-bond acceptors (Lipinski definition) is 7. The van der Waals surface area contributed by atoms with Crippen LogP contribution in [0, 0.1) is 0 Å². The summed E-state index contributed by atoms with van der Waals surface area (Å²) in [4.78, 5) is 22.6. The number of piperidine rings is 1. The Morgan fingerprint density at radius 2 is 1.74 bits per heavy atom. The second kappa shape index (κ2) is 9.07. The molecule has 2 heterocycles. The maximum atomic E-state index is 12.4. The van der Waals surface area contributed by atoms with Crippen molar-refractivity contribution in [2.45, 2.75) is 18.9 Å². The summed E-state index contributed by atoms with van der Waals surface area (Å²) in [5, 5.41) is 3.35. The number of aromatic nitrogens is 2. The topological polar surface area (TPSA) is 85.8 Å². The average molecular weight is 372 g/mol. The average Bonchev–Trinajstić information content (AvgIpc) is 2.73. The molecule has 0 aliphatic carbocycles. The lowest BCUT2D eigenvalue weighted by atomic mass is 10.1. The monoisotopic (exact) mass is 372 g/mol. The van der Waals surface area contributed by atoms with Crippen molar-refractivity contribution < 1.29 is 19.0 Å². The third kappa shape index (κ3) is 4.99. The molecule has 0 radical (unpaired) electrons. The first-order valence-corrected chi connectivity index (χ1v) is 8.85. The second-order valence-electron chi connectivity index (χ2n) is 6.18. The van der Waals surface area contributed by atoms with Gasteiger partial charge in [0, 0.05) is 31.5 Å². The fraction of sp³-hybridized carbons (Fsp3) is 0.421. The smallest absolute Gasteiger partial charge is 0.260 e. The van der Waals surface area contributed by atoms with Crippen LogP contribution in [0.1, 0.15) is 12.8 Å². The molecule has 1 aromatic heterocycles. The molecule has 0 atom stereocenters. The van der Waals surface area contributed by atoms with Crippen LogP contribution in [0.25, 0.3) is 0 Å². The zero-order chi connectivity index (χ0) is 19.1. The van der Waals surface area contributed by atoms with Gasteiger partial charge in [0.2, 0.25) is 0 Å². The molecular weight excluding hydrogens is 348 g/mol. The van der Waals surface area contributed by atoms with Gasteiger partial charge < -0.3 is 24.4 Å². The Morgan fingerprint density at radius 1 is 1.07 bits per heavy atom. The number of carbonyl (C=O) groups excluding carboxylic acids is 1. The van der Waals surface area contributed by atoms with Gasteiger partial charge in [0.25, 0.3) is 11.8 Å². The summed E-state index contributed by atoms with van der Waals surface area (Å²) < 4.78 is 15.9. The summed E-state index contributed by atoms with van der Waals surface area (Å²) in [6.45, 7) is 1.37. The van der Waals surface area contributed by atoms with Crippen LogP contribution in [0.4, 0.5) is 5.82 Å². The first-order valence-electron chi connectivity index (χ1n) is 8.85. The third-order valence-electron chi connectivity index (χ3n) is 4.47. The molecule has 8 nitrogen and oxygen atoms in total. The van der Waals surface area contributed by atoms with Crippen molar-refractivity contribution in [3.8, 4) is 17.4 Å². The van der Waals surface area contributed by atoms with E-state index in [1.807, 2.05) is 4.90 Å². The summed E-state index contributed by atoms with van der Waals surface area (Å²) in [6, 6.07) is 7.41. The highest BCUT2D eigenvalue weighted by atomic mass is 16.5. The predicted molar refractivity (Wildman–Crippen MR) is 100 cm³/mol. The van der Waals surface area contributed by atoms with E-state index in [9.17, 15) is 4.79 Å².